The van der Waals surface area contributed by atoms with Gasteiger partial charge in [0.25, 0.3) is 5.58 Å². The van der Waals surface area contributed by atoms with Gasteiger partial charge in [0.05, 0.1) is 23.2 Å². The first-order chi connectivity index (χ1) is 17.5. The van der Waals surface area contributed by atoms with Crippen LogP contribution in [0, 0.1) is 18.9 Å². The third-order valence-corrected chi connectivity index (χ3v) is 7.16. The summed E-state index contributed by atoms with van der Waals surface area (Å²) >= 11 is 0. The van der Waals surface area contributed by atoms with Gasteiger partial charge in [-0.25, -0.2) is 0 Å². The molecule has 0 bridgehead atoms. The summed E-state index contributed by atoms with van der Waals surface area (Å²) < 4.78 is 8.68. The molecule has 36 heavy (non-hydrogen) atoms. The lowest BCUT2D eigenvalue weighted by Gasteiger charge is -2.27. The van der Waals surface area contributed by atoms with E-state index >= 15 is 0 Å². The normalized spacial score (nSPS) is 13.7. The number of benzene rings is 4. The Hall–Kier alpha value is -4.30. The minimum atomic E-state index is 0.436. The highest BCUT2D eigenvalue weighted by molar-refractivity contribution is 6.11. The summed E-state index contributed by atoms with van der Waals surface area (Å²) in [6.07, 6.45) is 6.44. The number of nitrogens with zero attached hydrogens (tertiary/aromatic N) is 1. The maximum absolute atomic E-state index is 6.73. The molecule has 1 aliphatic heterocycles. The second-order valence-electron chi connectivity index (χ2n) is 9.83. The van der Waals surface area contributed by atoms with Crippen molar-refractivity contribution in [2.45, 2.75) is 20.8 Å². The van der Waals surface area contributed by atoms with Gasteiger partial charge in [-0.2, -0.15) is 0 Å². The van der Waals surface area contributed by atoms with E-state index in [0.717, 1.165) is 44.7 Å². The van der Waals surface area contributed by atoms with E-state index < -0.39 is 0 Å². The van der Waals surface area contributed by atoms with E-state index in [-0.39, 0.29) is 0 Å². The fourth-order valence-electron chi connectivity index (χ4n) is 5.10. The molecule has 0 N–H and O–H groups in total. The number of allylic oxidation sites excluding steroid dienone is 2. The van der Waals surface area contributed by atoms with Crippen molar-refractivity contribution in [3.05, 3.63) is 126 Å². The molecular formula is C34H29NO. The van der Waals surface area contributed by atoms with Crippen LogP contribution in [-0.4, -0.2) is 11.3 Å². The second-order valence-corrected chi connectivity index (χ2v) is 9.83. The van der Waals surface area contributed by atoms with Gasteiger partial charge in [0.2, 0.25) is 0 Å². The number of aryl methyl sites for hydroxylation is 1. The van der Waals surface area contributed by atoms with E-state index in [1.165, 1.54) is 22.3 Å². The highest BCUT2D eigenvalue weighted by Gasteiger charge is 2.26. The van der Waals surface area contributed by atoms with Crippen LogP contribution in [0.3, 0.4) is 0 Å². The molecule has 2 heterocycles. The molecule has 6 rings (SSSR count). The molecule has 0 unspecified atom stereocenters. The molecule has 2 nitrogen and oxygen atoms in total. The summed E-state index contributed by atoms with van der Waals surface area (Å²) in [5.74, 6) is 0.436. The average molecular weight is 468 g/mol. The van der Waals surface area contributed by atoms with Gasteiger partial charge in [0.1, 0.15) is 0 Å². The molecule has 1 aromatic heterocycles. The average Bonchev–Trinajstić information content (AvgIpc) is 3.28. The summed E-state index contributed by atoms with van der Waals surface area (Å²) in [4.78, 5) is 0. The molecule has 4 aromatic carbocycles. The number of furan rings is 1. The van der Waals surface area contributed by atoms with Crippen molar-refractivity contribution in [1.29, 1.82) is 0 Å². The Morgan fingerprint density at radius 1 is 0.806 bits per heavy atom. The van der Waals surface area contributed by atoms with Crippen LogP contribution in [-0.2, 0) is 0 Å². The van der Waals surface area contributed by atoms with E-state index in [2.05, 4.69) is 119 Å². The van der Waals surface area contributed by atoms with Crippen molar-refractivity contribution >= 4 is 28.7 Å². The Morgan fingerprint density at radius 3 is 2.28 bits per heavy atom. The zero-order chi connectivity index (χ0) is 24.8. The molecule has 176 valence electrons. The predicted octanol–water partition coefficient (Wildman–Crippen LogP) is 8.93. The van der Waals surface area contributed by atoms with Crippen molar-refractivity contribution in [2.24, 2.45) is 5.92 Å². The minimum absolute atomic E-state index is 0.436. The van der Waals surface area contributed by atoms with Crippen molar-refractivity contribution in [3.8, 4) is 22.3 Å². The van der Waals surface area contributed by atoms with Gasteiger partial charge in [-0.3, -0.25) is 4.42 Å². The van der Waals surface area contributed by atoms with E-state index in [4.69, 9.17) is 4.42 Å². The molecule has 2 heteroatoms. The zero-order valence-electron chi connectivity index (χ0n) is 21.0. The largest absolute Gasteiger partial charge is 0.352 e. The smallest absolute Gasteiger partial charge is 0.336 e. The standard InChI is InChI=1S/C34H29NO/c1-22(2)27-19-20-35(4)31(21-27)32-23(3)13-18-30-29-12-8-11-28(33(29)36-34(30)32)26-16-14-25(15-17-26)24-9-6-5-7-10-24/h5-22H,4H2,1-3H3. The van der Waals surface area contributed by atoms with Crippen LogP contribution in [0.25, 0.3) is 44.2 Å². The van der Waals surface area contributed by atoms with Crippen LogP contribution >= 0.6 is 0 Å². The first kappa shape index (κ1) is 22.2. The molecule has 0 saturated carbocycles. The van der Waals surface area contributed by atoms with Crippen molar-refractivity contribution < 1.29 is 8.99 Å². The first-order valence-electron chi connectivity index (χ1n) is 12.5. The summed E-state index contributed by atoms with van der Waals surface area (Å²) in [5, 5.41) is 2.26. The van der Waals surface area contributed by atoms with Crippen LogP contribution in [0.5, 0.6) is 0 Å². The van der Waals surface area contributed by atoms with E-state index in [1.54, 1.807) is 0 Å². The summed E-state index contributed by atoms with van der Waals surface area (Å²) in [5.41, 5.74) is 10.1. The van der Waals surface area contributed by atoms with Crippen molar-refractivity contribution in [2.75, 3.05) is 0 Å². The third-order valence-electron chi connectivity index (χ3n) is 7.16. The van der Waals surface area contributed by atoms with Crippen molar-refractivity contribution in [1.82, 2.24) is 0 Å². The lowest BCUT2D eigenvalue weighted by Crippen LogP contribution is -2.17. The Bertz CT molecular complexity index is 1660. The number of rotatable bonds is 4. The molecule has 0 fully saturated rings. The Kier molecular flexibility index (Phi) is 5.38. The first-order valence-corrected chi connectivity index (χ1v) is 12.5. The number of para-hydroxylation sites is 1. The molecule has 0 atom stereocenters. The van der Waals surface area contributed by atoms with Gasteiger partial charge in [-0.1, -0.05) is 93.4 Å². The topological polar surface area (TPSA) is 14.3 Å². The van der Waals surface area contributed by atoms with E-state index in [1.807, 2.05) is 16.8 Å². The lowest BCUT2D eigenvalue weighted by molar-refractivity contribution is -0.418. The maximum Gasteiger partial charge on any atom is 0.352 e. The fraction of sp³-hybridized carbons (Fsp3) is 0.118. The molecule has 0 radical (unpaired) electrons. The minimum Gasteiger partial charge on any atom is -0.336 e. The zero-order valence-corrected chi connectivity index (χ0v) is 21.0. The molecule has 5 aromatic rings. The van der Waals surface area contributed by atoms with Crippen molar-refractivity contribution in [3.63, 3.8) is 0 Å². The SMILES string of the molecule is C=[N+]1C=CC(C(C)C)=C[C-]1c1c(C)ccc2c3cccc(-c4ccc(-c5ccccc5)cc4)c3[o+][c-]12. The van der Waals surface area contributed by atoms with E-state index in [0.29, 0.717) is 5.92 Å². The van der Waals surface area contributed by atoms with Gasteiger partial charge in [0.15, 0.2) is 0 Å². The summed E-state index contributed by atoms with van der Waals surface area (Å²) in [7, 11) is 0. The maximum atomic E-state index is 6.73. The highest BCUT2D eigenvalue weighted by atomic mass is 16.3. The van der Waals surface area contributed by atoms with Gasteiger partial charge < -0.3 is 4.58 Å². The highest BCUT2D eigenvalue weighted by Crippen LogP contribution is 2.41. The van der Waals surface area contributed by atoms with Crippen LogP contribution in [0.1, 0.15) is 25.0 Å². The monoisotopic (exact) mass is 467 g/mol. The molecule has 0 spiro atoms. The Morgan fingerprint density at radius 2 is 1.53 bits per heavy atom. The third kappa shape index (κ3) is 3.67. The Labute approximate surface area is 212 Å². The summed E-state index contributed by atoms with van der Waals surface area (Å²) in [6.45, 7) is 10.9. The quantitative estimate of drug-likeness (QED) is 0.146. The van der Waals surface area contributed by atoms with E-state index in [9.17, 15) is 0 Å². The summed E-state index contributed by atoms with van der Waals surface area (Å²) in [6, 6.07) is 31.1. The van der Waals surface area contributed by atoms with Gasteiger partial charge >= 0.3 is 5.58 Å². The molecular weight excluding hydrogens is 438 g/mol. The molecule has 0 saturated heterocycles. The number of hydrogen-bond donors (Lipinski definition) is 0. The molecule has 0 aliphatic carbocycles. The van der Waals surface area contributed by atoms with Crippen LogP contribution < -0.4 is 0 Å². The number of hydrogen-bond acceptors (Lipinski definition) is 0. The number of fused-ring (bicyclic) bond motifs is 3. The van der Waals surface area contributed by atoms with Gasteiger partial charge in [0, 0.05) is 12.1 Å². The Balaban J connectivity index is 1.51. The van der Waals surface area contributed by atoms with Gasteiger partial charge in [-0.15, -0.1) is 29.4 Å². The van der Waals surface area contributed by atoms with Crippen LogP contribution in [0.4, 0.5) is 0 Å². The van der Waals surface area contributed by atoms with Gasteiger partial charge in [-0.05, 0) is 34.4 Å². The fourth-order valence-corrected chi connectivity index (χ4v) is 5.10. The van der Waals surface area contributed by atoms with Crippen LogP contribution in [0.2, 0.25) is 0 Å². The molecule has 0 amide bonds. The molecule has 1 aliphatic rings. The predicted molar refractivity (Wildman–Crippen MR) is 151 cm³/mol. The second kappa shape index (κ2) is 8.73. The lowest BCUT2D eigenvalue weighted by atomic mass is 9.91. The van der Waals surface area contributed by atoms with Crippen LogP contribution in [0.15, 0.2) is 113 Å².